The van der Waals surface area contributed by atoms with Crippen LogP contribution in [0.5, 0.6) is 0 Å². The predicted molar refractivity (Wildman–Crippen MR) is 162 cm³/mol. The summed E-state index contributed by atoms with van der Waals surface area (Å²) in [7, 11) is 0. The molecule has 1 atom stereocenters. The van der Waals surface area contributed by atoms with Crippen molar-refractivity contribution in [3.63, 3.8) is 0 Å². The zero-order valence-corrected chi connectivity index (χ0v) is 23.7. The van der Waals surface area contributed by atoms with Gasteiger partial charge in [-0.15, -0.1) is 0 Å². The number of fused-ring (bicyclic) bond motifs is 2. The number of aryl methyl sites for hydroxylation is 3. The molecule has 6 rings (SSSR count). The van der Waals surface area contributed by atoms with Crippen LogP contribution in [0.3, 0.4) is 0 Å². The van der Waals surface area contributed by atoms with E-state index in [-0.39, 0.29) is 0 Å². The number of aromatic nitrogens is 1. The van der Waals surface area contributed by atoms with Gasteiger partial charge in [0.1, 0.15) is 0 Å². The second kappa shape index (κ2) is 10.3. The highest BCUT2D eigenvalue weighted by Gasteiger charge is 2.36. The van der Waals surface area contributed by atoms with Gasteiger partial charge in [-0.05, 0) is 135 Å². The summed E-state index contributed by atoms with van der Waals surface area (Å²) < 4.78 is 0. The van der Waals surface area contributed by atoms with Crippen molar-refractivity contribution in [2.75, 3.05) is 0 Å². The zero-order chi connectivity index (χ0) is 27.3. The largest absolute Gasteiger partial charge is 0.402 e. The van der Waals surface area contributed by atoms with E-state index in [2.05, 4.69) is 75.9 Å². The summed E-state index contributed by atoms with van der Waals surface area (Å²) in [5.41, 5.74) is 21.7. The molecule has 0 saturated heterocycles. The molecule has 39 heavy (non-hydrogen) atoms. The zero-order valence-electron chi connectivity index (χ0n) is 23.7. The van der Waals surface area contributed by atoms with E-state index in [1.165, 1.54) is 40.8 Å². The highest BCUT2D eigenvalue weighted by molar-refractivity contribution is 6.12. The first-order valence-electron chi connectivity index (χ1n) is 14.7. The van der Waals surface area contributed by atoms with Crippen LogP contribution in [0.25, 0.3) is 5.57 Å². The Morgan fingerprint density at radius 3 is 2.41 bits per heavy atom. The molecule has 200 valence electrons. The average Bonchev–Trinajstić information content (AvgIpc) is 3.81. The van der Waals surface area contributed by atoms with E-state index in [1.54, 1.807) is 0 Å². The van der Waals surface area contributed by atoms with Crippen LogP contribution in [0.1, 0.15) is 95.3 Å². The summed E-state index contributed by atoms with van der Waals surface area (Å²) in [6, 6.07) is 17.8. The Morgan fingerprint density at radius 2 is 1.74 bits per heavy atom. The molecule has 2 saturated carbocycles. The van der Waals surface area contributed by atoms with E-state index in [1.807, 2.05) is 0 Å². The van der Waals surface area contributed by atoms with Gasteiger partial charge in [-0.25, -0.2) is 0 Å². The molecule has 0 amide bonds. The summed E-state index contributed by atoms with van der Waals surface area (Å²) in [4.78, 5) is 5.28. The summed E-state index contributed by atoms with van der Waals surface area (Å²) in [5, 5.41) is 9.20. The van der Waals surface area contributed by atoms with Gasteiger partial charge in [0.25, 0.3) is 0 Å². The van der Waals surface area contributed by atoms with Crippen LogP contribution in [0, 0.1) is 31.1 Å². The van der Waals surface area contributed by atoms with E-state index in [9.17, 15) is 5.41 Å². The molecule has 3 N–H and O–H groups in total. The lowest BCUT2D eigenvalue weighted by molar-refractivity contribution is 0.594. The Kier molecular flexibility index (Phi) is 6.79. The quantitative estimate of drug-likeness (QED) is 0.299. The normalized spacial score (nSPS) is 19.0. The Hall–Kier alpha value is -3.46. The lowest BCUT2D eigenvalue weighted by Crippen LogP contribution is -2.16. The minimum absolute atomic E-state index is 0.437. The first kappa shape index (κ1) is 25.8. The molecule has 3 nitrogen and oxygen atoms in total. The van der Waals surface area contributed by atoms with Crippen LogP contribution in [0.2, 0.25) is 0 Å². The third-order valence-corrected chi connectivity index (χ3v) is 9.18. The third kappa shape index (κ3) is 5.24. The van der Waals surface area contributed by atoms with E-state index in [4.69, 9.17) is 10.7 Å². The molecular formula is C36H41N3. The van der Waals surface area contributed by atoms with Crippen LogP contribution in [0.4, 0.5) is 0 Å². The second-order valence-electron chi connectivity index (χ2n) is 12.3. The number of allylic oxidation sites excluding steroid dienone is 3. The standard InChI is InChI=1S/C36H41N3/c1-21(2)26-13-16-30-28(18-26)19-27-12-14-29(39-33(27)20-32(30)24-8-9-24)15-17-31(35(37)25-10-11-25)36(38)34-22(3)6-5-7-23(34)4/h5-7,12-14,16,18,24-25,32,38H,1,8-11,15,17,19-20,37H2,2-4H3/b35-31-,38-36?/t32-/m0/s1. The number of hydrogen-bond donors (Lipinski definition) is 2. The Morgan fingerprint density at radius 1 is 1.00 bits per heavy atom. The summed E-state index contributed by atoms with van der Waals surface area (Å²) in [6.07, 6.45) is 8.48. The fourth-order valence-electron chi connectivity index (χ4n) is 6.55. The van der Waals surface area contributed by atoms with Gasteiger partial charge < -0.3 is 5.73 Å². The number of nitrogens with two attached hydrogens (primary N) is 1. The van der Waals surface area contributed by atoms with E-state index in [0.29, 0.717) is 17.5 Å². The Balaban J connectivity index is 1.28. The van der Waals surface area contributed by atoms with Crippen LogP contribution < -0.4 is 5.73 Å². The van der Waals surface area contributed by atoms with Crippen molar-refractivity contribution < 1.29 is 0 Å². The van der Waals surface area contributed by atoms with Crippen LogP contribution in [0.15, 0.2) is 66.4 Å². The number of hydrogen-bond acceptors (Lipinski definition) is 3. The first-order valence-corrected chi connectivity index (χ1v) is 14.7. The highest BCUT2D eigenvalue weighted by Crippen LogP contribution is 2.47. The van der Waals surface area contributed by atoms with E-state index >= 15 is 0 Å². The van der Waals surface area contributed by atoms with Crippen molar-refractivity contribution in [3.8, 4) is 0 Å². The van der Waals surface area contributed by atoms with Gasteiger partial charge in [-0.2, -0.15) is 0 Å². The van der Waals surface area contributed by atoms with Crippen molar-refractivity contribution in [2.24, 2.45) is 17.6 Å². The fraction of sp³-hybridized carbons (Fsp3) is 0.389. The van der Waals surface area contributed by atoms with Gasteiger partial charge in [-0.1, -0.05) is 54.6 Å². The van der Waals surface area contributed by atoms with Crippen molar-refractivity contribution in [2.45, 2.75) is 78.1 Å². The second-order valence-corrected chi connectivity index (χ2v) is 12.3. The SMILES string of the molecule is C=C(C)c1ccc2c(c1)Cc1ccc(CC/C(C(=N)c3c(C)cccc3C)=C(/N)C3CC3)nc1C[C@H]2C1CC1. The van der Waals surface area contributed by atoms with Crippen molar-refractivity contribution in [1.82, 2.24) is 4.98 Å². The maximum absolute atomic E-state index is 9.20. The molecule has 2 aromatic carbocycles. The number of nitrogens with one attached hydrogen (secondary N) is 1. The van der Waals surface area contributed by atoms with Crippen LogP contribution in [-0.2, 0) is 19.3 Å². The molecular weight excluding hydrogens is 474 g/mol. The molecule has 0 radical (unpaired) electrons. The lowest BCUT2D eigenvalue weighted by Gasteiger charge is -2.18. The van der Waals surface area contributed by atoms with Gasteiger partial charge >= 0.3 is 0 Å². The smallest absolute Gasteiger partial charge is 0.0666 e. The van der Waals surface area contributed by atoms with Crippen molar-refractivity contribution in [3.05, 3.63) is 117 Å². The molecule has 0 unspecified atom stereocenters. The molecule has 0 spiro atoms. The molecule has 0 bridgehead atoms. The first-order chi connectivity index (χ1) is 18.8. The van der Waals surface area contributed by atoms with Gasteiger partial charge in [0.2, 0.25) is 0 Å². The third-order valence-electron chi connectivity index (χ3n) is 9.18. The van der Waals surface area contributed by atoms with Crippen LogP contribution in [-0.4, -0.2) is 10.7 Å². The Bertz CT molecular complexity index is 1480. The fourth-order valence-corrected chi connectivity index (χ4v) is 6.55. The monoisotopic (exact) mass is 515 g/mol. The van der Waals surface area contributed by atoms with Crippen molar-refractivity contribution >= 4 is 11.3 Å². The minimum Gasteiger partial charge on any atom is -0.402 e. The lowest BCUT2D eigenvalue weighted by atomic mass is 9.87. The predicted octanol–water partition coefficient (Wildman–Crippen LogP) is 8.00. The maximum atomic E-state index is 9.20. The summed E-state index contributed by atoms with van der Waals surface area (Å²) >= 11 is 0. The van der Waals surface area contributed by atoms with Gasteiger partial charge in [0.05, 0.1) is 5.71 Å². The van der Waals surface area contributed by atoms with Crippen molar-refractivity contribution in [1.29, 1.82) is 5.41 Å². The minimum atomic E-state index is 0.437. The number of nitrogens with zero attached hydrogens (tertiary/aromatic N) is 1. The molecule has 3 heteroatoms. The summed E-state index contributed by atoms with van der Waals surface area (Å²) in [5.74, 6) is 1.77. The molecule has 3 aliphatic carbocycles. The molecule has 3 aliphatic rings. The molecule has 0 aliphatic heterocycles. The topological polar surface area (TPSA) is 62.8 Å². The number of rotatable bonds is 8. The molecule has 1 aromatic heterocycles. The van der Waals surface area contributed by atoms with Gasteiger partial charge in [0.15, 0.2) is 0 Å². The van der Waals surface area contributed by atoms with Crippen LogP contribution >= 0.6 is 0 Å². The highest BCUT2D eigenvalue weighted by atomic mass is 14.7. The maximum Gasteiger partial charge on any atom is 0.0666 e. The molecule has 1 heterocycles. The number of pyridine rings is 1. The molecule has 2 fully saturated rings. The Labute approximate surface area is 233 Å². The summed E-state index contributed by atoms with van der Waals surface area (Å²) in [6.45, 7) is 10.5. The molecule has 3 aromatic rings. The number of benzene rings is 2. The van der Waals surface area contributed by atoms with Gasteiger partial charge in [-0.3, -0.25) is 10.4 Å². The van der Waals surface area contributed by atoms with E-state index in [0.717, 1.165) is 83.7 Å². The average molecular weight is 516 g/mol. The van der Waals surface area contributed by atoms with E-state index < -0.39 is 0 Å². The van der Waals surface area contributed by atoms with Gasteiger partial charge in [0, 0.05) is 22.6 Å².